The highest BCUT2D eigenvalue weighted by Gasteiger charge is 2.35. The fourth-order valence-corrected chi connectivity index (χ4v) is 5.60. The van der Waals surface area contributed by atoms with Crippen LogP contribution in [0.4, 0.5) is 4.39 Å². The maximum atomic E-state index is 14.0. The van der Waals surface area contributed by atoms with E-state index in [1.54, 1.807) is 43.3 Å². The second kappa shape index (κ2) is 11.7. The van der Waals surface area contributed by atoms with Crippen molar-refractivity contribution in [3.63, 3.8) is 0 Å². The summed E-state index contributed by atoms with van der Waals surface area (Å²) in [6.07, 6.45) is 7.01. The Morgan fingerprint density at radius 2 is 1.93 bits per heavy atom. The minimum atomic E-state index is -0.912. The van der Waals surface area contributed by atoms with Crippen LogP contribution in [0.2, 0.25) is 5.02 Å². The normalized spacial score (nSPS) is 14.8. The van der Waals surface area contributed by atoms with E-state index in [4.69, 9.17) is 32.5 Å². The molecule has 0 saturated carbocycles. The molecule has 0 unspecified atom stereocenters. The third-order valence-electron chi connectivity index (χ3n) is 6.13. The second-order valence-electron chi connectivity index (χ2n) is 8.66. The fourth-order valence-electron chi connectivity index (χ4n) is 4.43. The van der Waals surface area contributed by atoms with Gasteiger partial charge in [0.2, 0.25) is 0 Å². The molecule has 1 atom stereocenters. The highest BCUT2D eigenvalue weighted by Crippen LogP contribution is 2.35. The van der Waals surface area contributed by atoms with E-state index in [1.807, 2.05) is 30.3 Å². The van der Waals surface area contributed by atoms with Gasteiger partial charge in [-0.15, -0.1) is 6.42 Å². The summed E-state index contributed by atoms with van der Waals surface area (Å²) in [6.45, 7) is 1.87. The fraction of sp³-hybridized carbons (Fsp3) is 0.129. The zero-order valence-electron chi connectivity index (χ0n) is 21.3. The number of hydrogen-bond donors (Lipinski definition) is 0. The summed E-state index contributed by atoms with van der Waals surface area (Å²) in [4.78, 5) is 32.6. The monoisotopic (exact) mass is 572 g/mol. The molecule has 0 aliphatic carbocycles. The van der Waals surface area contributed by atoms with Gasteiger partial charge in [-0.05, 0) is 48.9 Å². The average Bonchev–Trinajstić information content (AvgIpc) is 3.27. The average molecular weight is 573 g/mol. The van der Waals surface area contributed by atoms with Crippen molar-refractivity contribution in [2.24, 2.45) is 4.99 Å². The molecule has 0 N–H and O–H groups in total. The SMILES string of the molecule is C#CCOc1ccc(Cl)cc1/C=c1\sc2n(c1=O)[C@@H](c1ccc(F)cc1)C(C(=O)OCC)=C(c1ccccc1)N=2. The molecule has 2 heterocycles. The minimum Gasteiger partial charge on any atom is -0.480 e. The van der Waals surface area contributed by atoms with Crippen molar-refractivity contribution in [3.05, 3.63) is 126 Å². The summed E-state index contributed by atoms with van der Waals surface area (Å²) in [6, 6.07) is 19.0. The van der Waals surface area contributed by atoms with E-state index < -0.39 is 23.4 Å². The smallest absolute Gasteiger partial charge is 0.338 e. The van der Waals surface area contributed by atoms with Crippen molar-refractivity contribution in [1.29, 1.82) is 0 Å². The van der Waals surface area contributed by atoms with Gasteiger partial charge in [-0.1, -0.05) is 71.3 Å². The number of carbonyl (C=O) groups excluding carboxylic acids is 1. The molecule has 9 heteroatoms. The van der Waals surface area contributed by atoms with E-state index in [0.717, 1.165) is 11.3 Å². The molecular formula is C31H22ClFN2O4S. The van der Waals surface area contributed by atoms with E-state index in [2.05, 4.69) is 5.92 Å². The molecule has 0 fully saturated rings. The number of nitrogens with zero attached hydrogens (tertiary/aromatic N) is 2. The zero-order valence-corrected chi connectivity index (χ0v) is 22.8. The lowest BCUT2D eigenvalue weighted by Gasteiger charge is -2.25. The molecule has 0 spiro atoms. The van der Waals surface area contributed by atoms with Gasteiger partial charge in [0.1, 0.15) is 18.2 Å². The standard InChI is InChI=1S/C31H22ClFN2O4S/c1-3-16-39-24-15-12-22(32)17-21(24)18-25-29(36)35-28(20-10-13-23(33)14-11-20)26(30(37)38-4-2)27(34-31(35)40-25)19-8-6-5-7-9-19/h1,5-15,17-18,28H,4,16H2,2H3/b25-18-/t28-/m0/s1. The largest absolute Gasteiger partial charge is 0.480 e. The maximum absolute atomic E-state index is 14.0. The van der Waals surface area contributed by atoms with Crippen LogP contribution in [0.25, 0.3) is 11.8 Å². The summed E-state index contributed by atoms with van der Waals surface area (Å²) in [7, 11) is 0. The summed E-state index contributed by atoms with van der Waals surface area (Å²) in [5.41, 5.74) is 1.92. The van der Waals surface area contributed by atoms with Gasteiger partial charge < -0.3 is 9.47 Å². The number of esters is 1. The van der Waals surface area contributed by atoms with Crippen LogP contribution in [-0.4, -0.2) is 23.8 Å². The van der Waals surface area contributed by atoms with Crippen molar-refractivity contribution >= 4 is 40.7 Å². The molecule has 4 aromatic rings. The van der Waals surface area contributed by atoms with Crippen LogP contribution in [0.1, 0.15) is 29.7 Å². The van der Waals surface area contributed by atoms with Gasteiger partial charge in [0, 0.05) is 16.1 Å². The van der Waals surface area contributed by atoms with Gasteiger partial charge in [-0.2, -0.15) is 0 Å². The first-order valence-corrected chi connectivity index (χ1v) is 13.5. The number of halogens is 2. The number of ether oxygens (including phenoxy) is 2. The number of fused-ring (bicyclic) bond motifs is 1. The zero-order chi connectivity index (χ0) is 28.2. The van der Waals surface area contributed by atoms with Gasteiger partial charge in [0.15, 0.2) is 4.80 Å². The number of hydrogen-bond acceptors (Lipinski definition) is 6. The molecule has 5 rings (SSSR count). The van der Waals surface area contributed by atoms with Gasteiger partial charge in [0.25, 0.3) is 5.56 Å². The Morgan fingerprint density at radius 1 is 1.18 bits per heavy atom. The molecule has 6 nitrogen and oxygen atoms in total. The Hall–Kier alpha value is -4.45. The van der Waals surface area contributed by atoms with Gasteiger partial charge >= 0.3 is 5.97 Å². The lowest BCUT2D eigenvalue weighted by molar-refractivity contribution is -0.138. The molecule has 0 radical (unpaired) electrons. The third kappa shape index (κ3) is 5.34. The van der Waals surface area contributed by atoms with Crippen LogP contribution in [0.15, 0.2) is 88.2 Å². The topological polar surface area (TPSA) is 69.9 Å². The number of aromatic nitrogens is 1. The van der Waals surface area contributed by atoms with Crippen LogP contribution in [0.5, 0.6) is 5.75 Å². The summed E-state index contributed by atoms with van der Waals surface area (Å²) >= 11 is 7.39. The Morgan fingerprint density at radius 3 is 2.62 bits per heavy atom. The lowest BCUT2D eigenvalue weighted by atomic mass is 9.93. The molecule has 1 aliphatic heterocycles. The van der Waals surface area contributed by atoms with Gasteiger partial charge in [-0.3, -0.25) is 9.36 Å². The lowest BCUT2D eigenvalue weighted by Crippen LogP contribution is -2.40. The first kappa shape index (κ1) is 27.1. The molecule has 3 aromatic carbocycles. The van der Waals surface area contributed by atoms with Crippen molar-refractivity contribution < 1.29 is 18.7 Å². The highest BCUT2D eigenvalue weighted by molar-refractivity contribution is 7.07. The Bertz CT molecular complexity index is 1840. The number of terminal acetylenes is 1. The quantitative estimate of drug-likeness (QED) is 0.237. The number of rotatable bonds is 7. The van der Waals surface area contributed by atoms with Gasteiger partial charge in [-0.25, -0.2) is 14.2 Å². The van der Waals surface area contributed by atoms with Crippen molar-refractivity contribution in [2.45, 2.75) is 13.0 Å². The van der Waals surface area contributed by atoms with E-state index in [-0.39, 0.29) is 18.8 Å². The molecule has 0 bridgehead atoms. The predicted octanol–water partition coefficient (Wildman–Crippen LogP) is 4.74. The van der Waals surface area contributed by atoms with E-state index in [9.17, 15) is 14.0 Å². The summed E-state index contributed by atoms with van der Waals surface area (Å²) < 4.78 is 26.8. The van der Waals surface area contributed by atoms with Crippen LogP contribution >= 0.6 is 22.9 Å². The molecule has 0 saturated heterocycles. The molecule has 40 heavy (non-hydrogen) atoms. The molecule has 200 valence electrons. The summed E-state index contributed by atoms with van der Waals surface area (Å²) in [5, 5.41) is 0.451. The summed E-state index contributed by atoms with van der Waals surface area (Å²) in [5.74, 6) is 1.82. The first-order chi connectivity index (χ1) is 19.4. The Balaban J connectivity index is 1.81. The van der Waals surface area contributed by atoms with Gasteiger partial charge in [0.05, 0.1) is 28.5 Å². The van der Waals surface area contributed by atoms with E-state index in [1.165, 1.54) is 16.7 Å². The van der Waals surface area contributed by atoms with Crippen molar-refractivity contribution in [3.8, 4) is 18.1 Å². The maximum Gasteiger partial charge on any atom is 0.338 e. The van der Waals surface area contributed by atoms with Crippen LogP contribution in [0, 0.1) is 18.2 Å². The van der Waals surface area contributed by atoms with Crippen molar-refractivity contribution in [2.75, 3.05) is 13.2 Å². The van der Waals surface area contributed by atoms with Crippen LogP contribution in [-0.2, 0) is 9.53 Å². The number of thiazole rings is 1. The van der Waals surface area contributed by atoms with Crippen LogP contribution in [0.3, 0.4) is 0 Å². The molecule has 1 aromatic heterocycles. The first-order valence-electron chi connectivity index (χ1n) is 12.3. The number of carbonyl (C=O) groups is 1. The minimum absolute atomic E-state index is 0.0393. The predicted molar refractivity (Wildman–Crippen MR) is 153 cm³/mol. The Kier molecular flexibility index (Phi) is 7.96. The highest BCUT2D eigenvalue weighted by atomic mass is 35.5. The third-order valence-corrected chi connectivity index (χ3v) is 7.35. The molecule has 1 aliphatic rings. The number of benzene rings is 3. The molecular weight excluding hydrogens is 551 g/mol. The Labute approximate surface area is 238 Å². The molecule has 0 amide bonds. The van der Waals surface area contributed by atoms with E-state index in [0.29, 0.717) is 42.5 Å². The second-order valence-corrected chi connectivity index (χ2v) is 10.1. The van der Waals surface area contributed by atoms with E-state index >= 15 is 0 Å². The van der Waals surface area contributed by atoms with Crippen LogP contribution < -0.4 is 19.6 Å². The van der Waals surface area contributed by atoms with Crippen molar-refractivity contribution in [1.82, 2.24) is 4.57 Å².